The highest BCUT2D eigenvalue weighted by Crippen LogP contribution is 2.31. The average molecular weight is 417 g/mol. The molecule has 0 radical (unpaired) electrons. The monoisotopic (exact) mass is 417 g/mol. The van der Waals surface area contributed by atoms with Crippen LogP contribution in [0.3, 0.4) is 0 Å². The van der Waals surface area contributed by atoms with E-state index in [9.17, 15) is 13.6 Å². The third kappa shape index (κ3) is 4.53. The van der Waals surface area contributed by atoms with Gasteiger partial charge in [-0.1, -0.05) is 18.2 Å². The summed E-state index contributed by atoms with van der Waals surface area (Å²) in [7, 11) is 0. The molecule has 0 unspecified atom stereocenters. The van der Waals surface area contributed by atoms with Gasteiger partial charge in [-0.05, 0) is 41.4 Å². The molecule has 154 valence electrons. The Bertz CT molecular complexity index is 1310. The van der Waals surface area contributed by atoms with Crippen LogP contribution < -0.4 is 9.47 Å². The van der Waals surface area contributed by atoms with E-state index in [4.69, 9.17) is 13.0 Å². The number of nitrogens with zero attached hydrogens (tertiary/aromatic N) is 3. The van der Waals surface area contributed by atoms with E-state index < -0.39 is 55.0 Å². The standard InChI is InChI=1S/C22H19F2N3O3/c1-22(23,24)30-17-6-3-15(4-7-17)16-5-8-19-18(13-16)21(28)27(11-12-29-19)14-20-25-9-2-10-26-20/h2-10,13H,11-12,14H2,1H3/i3D,4D,6D,7D,11D2. The van der Waals surface area contributed by atoms with Crippen LogP contribution in [0.25, 0.3) is 11.1 Å². The number of hydrogen-bond acceptors (Lipinski definition) is 5. The molecule has 2 heterocycles. The number of carbonyl (C=O) groups is 1. The third-order valence-electron chi connectivity index (χ3n) is 4.03. The van der Waals surface area contributed by atoms with E-state index in [2.05, 4.69) is 14.7 Å². The summed E-state index contributed by atoms with van der Waals surface area (Å²) in [5.74, 6) is -1.44. The largest absolute Gasteiger partial charge is 0.491 e. The van der Waals surface area contributed by atoms with Crippen molar-refractivity contribution in [3.05, 3.63) is 72.2 Å². The van der Waals surface area contributed by atoms with Crippen LogP contribution in [-0.4, -0.2) is 40.0 Å². The molecule has 0 fully saturated rings. The molecular formula is C22H19F2N3O3. The van der Waals surface area contributed by atoms with E-state index in [1.165, 1.54) is 30.6 Å². The van der Waals surface area contributed by atoms with Crippen LogP contribution in [0.4, 0.5) is 8.78 Å². The molecule has 1 aliphatic rings. The molecule has 8 heteroatoms. The Morgan fingerprint density at radius 1 is 1.23 bits per heavy atom. The Labute approximate surface area is 180 Å². The first-order valence-electron chi connectivity index (χ1n) is 11.8. The smallest absolute Gasteiger partial charge is 0.394 e. The van der Waals surface area contributed by atoms with Crippen LogP contribution in [0.5, 0.6) is 11.5 Å². The molecule has 1 aliphatic heterocycles. The predicted molar refractivity (Wildman–Crippen MR) is 105 cm³/mol. The highest BCUT2D eigenvalue weighted by atomic mass is 19.3. The first kappa shape index (κ1) is 13.6. The number of alkyl halides is 2. The molecule has 0 saturated heterocycles. The predicted octanol–water partition coefficient (Wildman–Crippen LogP) is 4.17. The Morgan fingerprint density at radius 2 is 1.97 bits per heavy atom. The minimum atomic E-state index is -3.73. The second-order valence-electron chi connectivity index (χ2n) is 6.33. The van der Waals surface area contributed by atoms with E-state index in [0.29, 0.717) is 6.92 Å². The van der Waals surface area contributed by atoms with Crippen molar-refractivity contribution in [2.45, 2.75) is 19.6 Å². The van der Waals surface area contributed by atoms with Crippen molar-refractivity contribution in [1.29, 1.82) is 0 Å². The lowest BCUT2D eigenvalue weighted by molar-refractivity contribution is -0.158. The average Bonchev–Trinajstić information content (AvgIpc) is 2.91. The third-order valence-corrected chi connectivity index (χ3v) is 4.03. The van der Waals surface area contributed by atoms with E-state index in [1.54, 1.807) is 6.07 Å². The number of amides is 1. The van der Waals surface area contributed by atoms with Gasteiger partial charge in [0.15, 0.2) is 0 Å². The molecule has 0 N–H and O–H groups in total. The van der Waals surface area contributed by atoms with Crippen molar-refractivity contribution in [3.8, 4) is 22.6 Å². The number of benzene rings is 2. The van der Waals surface area contributed by atoms with E-state index in [-0.39, 0.29) is 34.8 Å². The number of halogens is 2. The van der Waals surface area contributed by atoms with Gasteiger partial charge in [0.05, 0.1) is 26.8 Å². The van der Waals surface area contributed by atoms with Gasteiger partial charge in [-0.15, -0.1) is 0 Å². The second-order valence-corrected chi connectivity index (χ2v) is 6.33. The van der Waals surface area contributed by atoms with Crippen LogP contribution in [0, 0.1) is 0 Å². The van der Waals surface area contributed by atoms with Gasteiger partial charge < -0.3 is 14.4 Å². The highest BCUT2D eigenvalue weighted by Gasteiger charge is 2.25. The van der Waals surface area contributed by atoms with Crippen molar-refractivity contribution in [1.82, 2.24) is 14.9 Å². The number of fused-ring (bicyclic) bond motifs is 1. The summed E-state index contributed by atoms with van der Waals surface area (Å²) in [6.45, 7) is -2.58. The molecule has 0 aliphatic carbocycles. The summed E-state index contributed by atoms with van der Waals surface area (Å²) in [5, 5.41) is 0. The number of aromatic nitrogens is 2. The van der Waals surface area contributed by atoms with Crippen LogP contribution in [0.1, 0.15) is 31.3 Å². The Morgan fingerprint density at radius 3 is 2.67 bits per heavy atom. The molecule has 30 heavy (non-hydrogen) atoms. The fourth-order valence-electron chi connectivity index (χ4n) is 2.74. The fraction of sp³-hybridized carbons (Fsp3) is 0.227. The van der Waals surface area contributed by atoms with Crippen molar-refractivity contribution in [3.63, 3.8) is 0 Å². The zero-order chi connectivity index (χ0) is 26.4. The van der Waals surface area contributed by atoms with Gasteiger partial charge in [0.1, 0.15) is 23.9 Å². The Balaban J connectivity index is 1.81. The molecule has 1 aromatic heterocycles. The molecular weight excluding hydrogens is 392 g/mol. The number of hydrogen-bond donors (Lipinski definition) is 0. The van der Waals surface area contributed by atoms with Crippen LogP contribution >= 0.6 is 0 Å². The molecule has 0 spiro atoms. The van der Waals surface area contributed by atoms with Crippen molar-refractivity contribution < 1.29 is 31.3 Å². The van der Waals surface area contributed by atoms with Gasteiger partial charge in [0.2, 0.25) is 0 Å². The molecule has 0 saturated carbocycles. The second kappa shape index (κ2) is 8.06. The maximum absolute atomic E-state index is 13.4. The van der Waals surface area contributed by atoms with Crippen LogP contribution in [-0.2, 0) is 6.54 Å². The summed E-state index contributed by atoms with van der Waals surface area (Å²) in [6.07, 6.45) is -0.829. The quantitative estimate of drug-likeness (QED) is 0.624. The minimum absolute atomic E-state index is 0.0462. The van der Waals surface area contributed by atoms with Crippen LogP contribution in [0.15, 0.2) is 60.8 Å². The van der Waals surface area contributed by atoms with Gasteiger partial charge in [0.25, 0.3) is 5.91 Å². The van der Waals surface area contributed by atoms with Gasteiger partial charge >= 0.3 is 6.11 Å². The van der Waals surface area contributed by atoms with Crippen LogP contribution in [0.2, 0.25) is 0 Å². The van der Waals surface area contributed by atoms with Gasteiger partial charge in [-0.2, -0.15) is 8.78 Å². The number of carbonyl (C=O) groups excluding carboxylic acids is 1. The number of rotatable bonds is 5. The summed E-state index contributed by atoms with van der Waals surface area (Å²) in [6, 6.07) is 2.60. The zero-order valence-electron chi connectivity index (χ0n) is 21.7. The summed E-state index contributed by atoms with van der Waals surface area (Å²) < 4.78 is 86.0. The zero-order valence-corrected chi connectivity index (χ0v) is 15.7. The highest BCUT2D eigenvalue weighted by molar-refractivity contribution is 5.98. The van der Waals surface area contributed by atoms with E-state index >= 15 is 0 Å². The lowest BCUT2D eigenvalue weighted by Crippen LogP contribution is -2.32. The van der Waals surface area contributed by atoms with E-state index in [0.717, 1.165) is 4.90 Å². The first-order valence-corrected chi connectivity index (χ1v) is 8.82. The summed E-state index contributed by atoms with van der Waals surface area (Å²) in [5.41, 5.74) is -0.282. The Hall–Kier alpha value is -3.55. The molecule has 2 aromatic carbocycles. The number of ether oxygens (including phenoxy) is 2. The minimum Gasteiger partial charge on any atom is -0.491 e. The van der Waals surface area contributed by atoms with Gasteiger partial charge in [0, 0.05) is 19.3 Å². The topological polar surface area (TPSA) is 64.6 Å². The lowest BCUT2D eigenvalue weighted by Gasteiger charge is -2.19. The maximum Gasteiger partial charge on any atom is 0.394 e. The normalized spacial score (nSPS) is 18.5. The summed E-state index contributed by atoms with van der Waals surface area (Å²) in [4.78, 5) is 22.4. The lowest BCUT2D eigenvalue weighted by atomic mass is 10.0. The molecule has 6 nitrogen and oxygen atoms in total. The molecule has 0 bridgehead atoms. The van der Waals surface area contributed by atoms with Gasteiger partial charge in [-0.25, -0.2) is 9.97 Å². The first-order chi connectivity index (χ1) is 16.8. The molecule has 0 atom stereocenters. The fourth-order valence-corrected chi connectivity index (χ4v) is 2.74. The summed E-state index contributed by atoms with van der Waals surface area (Å²) >= 11 is 0. The molecule has 1 amide bonds. The van der Waals surface area contributed by atoms with Crippen molar-refractivity contribution in [2.24, 2.45) is 0 Å². The SMILES string of the molecule is [2H]c1c([2H])c(-c2ccc3c(c2)C(=O)N(Cc2ncccn2)C([2H])([2H])CO3)c([2H])c([2H])c1OC(C)(F)F. The van der Waals surface area contributed by atoms with Crippen molar-refractivity contribution >= 4 is 5.91 Å². The van der Waals surface area contributed by atoms with Crippen molar-refractivity contribution in [2.75, 3.05) is 13.1 Å². The van der Waals surface area contributed by atoms with Gasteiger partial charge in [-0.3, -0.25) is 4.79 Å². The maximum atomic E-state index is 13.4. The molecule has 4 rings (SSSR count). The van der Waals surface area contributed by atoms with E-state index in [1.807, 2.05) is 0 Å². The molecule has 3 aromatic rings. The Kier molecular flexibility index (Phi) is 3.66.